The van der Waals surface area contributed by atoms with Crippen LogP contribution < -0.4 is 5.32 Å². The molecule has 0 saturated heterocycles. The monoisotopic (exact) mass is 239 g/mol. The fourth-order valence-electron chi connectivity index (χ4n) is 1.97. The van der Waals surface area contributed by atoms with Gasteiger partial charge in [-0.25, -0.2) is 0 Å². The molecule has 4 heteroatoms. The van der Waals surface area contributed by atoms with Crippen LogP contribution in [0.1, 0.15) is 38.8 Å². The summed E-state index contributed by atoms with van der Waals surface area (Å²) in [6.45, 7) is 5.70. The SMILES string of the molecule is CC(O)CC(C)NC(C)c1cc(O)cc(O)c1. The lowest BCUT2D eigenvalue weighted by atomic mass is 10.1. The molecule has 1 aromatic rings. The molecular formula is C13H21NO3. The fourth-order valence-corrected chi connectivity index (χ4v) is 1.97. The van der Waals surface area contributed by atoms with Crippen molar-refractivity contribution in [2.45, 2.75) is 45.4 Å². The van der Waals surface area contributed by atoms with Crippen LogP contribution in [0.25, 0.3) is 0 Å². The molecule has 17 heavy (non-hydrogen) atoms. The highest BCUT2D eigenvalue weighted by Gasteiger charge is 2.12. The molecular weight excluding hydrogens is 218 g/mol. The molecule has 0 saturated carbocycles. The van der Waals surface area contributed by atoms with Crippen LogP contribution in [0.15, 0.2) is 18.2 Å². The number of benzene rings is 1. The van der Waals surface area contributed by atoms with Gasteiger partial charge < -0.3 is 20.6 Å². The Labute approximate surface area is 102 Å². The van der Waals surface area contributed by atoms with Gasteiger partial charge in [-0.1, -0.05) is 0 Å². The maximum absolute atomic E-state index is 9.39. The lowest BCUT2D eigenvalue weighted by molar-refractivity contribution is 0.168. The first-order chi connectivity index (χ1) is 7.88. The summed E-state index contributed by atoms with van der Waals surface area (Å²) in [6.07, 6.45) is 0.317. The van der Waals surface area contributed by atoms with Crippen LogP contribution in [-0.2, 0) is 0 Å². The zero-order chi connectivity index (χ0) is 13.0. The first kappa shape index (κ1) is 13.8. The van der Waals surface area contributed by atoms with Crippen molar-refractivity contribution in [1.82, 2.24) is 5.32 Å². The average Bonchev–Trinajstić information content (AvgIpc) is 2.14. The molecule has 4 N–H and O–H groups in total. The lowest BCUT2D eigenvalue weighted by Crippen LogP contribution is -2.31. The highest BCUT2D eigenvalue weighted by Crippen LogP contribution is 2.25. The minimum absolute atomic E-state index is 0.00162. The van der Waals surface area contributed by atoms with Crippen LogP contribution in [-0.4, -0.2) is 27.5 Å². The molecule has 0 radical (unpaired) electrons. The predicted octanol–water partition coefficient (Wildman–Crippen LogP) is 1.91. The van der Waals surface area contributed by atoms with Gasteiger partial charge >= 0.3 is 0 Å². The van der Waals surface area contributed by atoms with Gasteiger partial charge in [0.25, 0.3) is 0 Å². The van der Waals surface area contributed by atoms with Gasteiger partial charge in [-0.3, -0.25) is 0 Å². The summed E-state index contributed by atoms with van der Waals surface area (Å²) < 4.78 is 0. The van der Waals surface area contributed by atoms with E-state index >= 15 is 0 Å². The number of phenols is 2. The molecule has 0 aliphatic rings. The van der Waals surface area contributed by atoms with Gasteiger partial charge in [0.1, 0.15) is 11.5 Å². The maximum Gasteiger partial charge on any atom is 0.119 e. The standard InChI is InChI=1S/C13H21NO3/c1-8(4-9(2)15)14-10(3)11-5-12(16)7-13(17)6-11/h5-10,14-17H,4H2,1-3H3. The van der Waals surface area contributed by atoms with E-state index in [2.05, 4.69) is 5.32 Å². The van der Waals surface area contributed by atoms with Crippen molar-refractivity contribution in [3.63, 3.8) is 0 Å². The van der Waals surface area contributed by atoms with Crippen LogP contribution in [0.2, 0.25) is 0 Å². The van der Waals surface area contributed by atoms with Gasteiger partial charge in [0.05, 0.1) is 6.10 Å². The molecule has 1 aromatic carbocycles. The van der Waals surface area contributed by atoms with Gasteiger partial charge in [0, 0.05) is 18.2 Å². The smallest absolute Gasteiger partial charge is 0.119 e. The Morgan fingerprint density at radius 3 is 2.06 bits per heavy atom. The Morgan fingerprint density at radius 1 is 1.06 bits per heavy atom. The quantitative estimate of drug-likeness (QED) is 0.633. The molecule has 0 heterocycles. The van der Waals surface area contributed by atoms with E-state index in [-0.39, 0.29) is 29.7 Å². The normalized spacial score (nSPS) is 16.5. The van der Waals surface area contributed by atoms with Crippen LogP contribution in [0.5, 0.6) is 11.5 Å². The second-order valence-electron chi connectivity index (χ2n) is 4.66. The summed E-state index contributed by atoms with van der Waals surface area (Å²) in [6, 6.07) is 4.70. The molecule has 0 fully saturated rings. The molecule has 96 valence electrons. The predicted molar refractivity (Wildman–Crippen MR) is 67.1 cm³/mol. The Kier molecular flexibility index (Phi) is 4.78. The number of hydrogen-bond acceptors (Lipinski definition) is 4. The van der Waals surface area contributed by atoms with E-state index in [1.165, 1.54) is 6.07 Å². The van der Waals surface area contributed by atoms with E-state index in [1.807, 2.05) is 13.8 Å². The Hall–Kier alpha value is -1.26. The molecule has 4 nitrogen and oxygen atoms in total. The van der Waals surface area contributed by atoms with E-state index in [1.54, 1.807) is 19.1 Å². The van der Waals surface area contributed by atoms with Crippen molar-refractivity contribution < 1.29 is 15.3 Å². The van der Waals surface area contributed by atoms with Gasteiger partial charge in [0.15, 0.2) is 0 Å². The summed E-state index contributed by atoms with van der Waals surface area (Å²) in [5, 5.41) is 31.4. The third-order valence-electron chi connectivity index (χ3n) is 2.65. The van der Waals surface area contributed by atoms with E-state index in [0.717, 1.165) is 5.56 Å². The van der Waals surface area contributed by atoms with E-state index < -0.39 is 0 Å². The van der Waals surface area contributed by atoms with Crippen molar-refractivity contribution in [3.05, 3.63) is 23.8 Å². The summed E-state index contributed by atoms with van der Waals surface area (Å²) in [7, 11) is 0. The fraction of sp³-hybridized carbons (Fsp3) is 0.538. The van der Waals surface area contributed by atoms with Crippen molar-refractivity contribution in [3.8, 4) is 11.5 Å². The van der Waals surface area contributed by atoms with Gasteiger partial charge in [-0.05, 0) is 44.9 Å². The van der Waals surface area contributed by atoms with Gasteiger partial charge in [-0.2, -0.15) is 0 Å². The Balaban J connectivity index is 2.66. The minimum atomic E-state index is -0.345. The van der Waals surface area contributed by atoms with Crippen LogP contribution in [0, 0.1) is 0 Å². The summed E-state index contributed by atoms with van der Waals surface area (Å²) >= 11 is 0. The van der Waals surface area contributed by atoms with Gasteiger partial charge in [-0.15, -0.1) is 0 Å². The number of phenolic OH excluding ortho intramolecular Hbond substituents is 2. The second kappa shape index (κ2) is 5.89. The third-order valence-corrected chi connectivity index (χ3v) is 2.65. The highest BCUT2D eigenvalue weighted by atomic mass is 16.3. The second-order valence-corrected chi connectivity index (χ2v) is 4.66. The Morgan fingerprint density at radius 2 is 1.59 bits per heavy atom. The summed E-state index contributed by atoms with van der Waals surface area (Å²) in [5.74, 6) is 0.105. The third kappa shape index (κ3) is 4.63. The molecule has 1 rings (SSSR count). The molecule has 0 aliphatic heterocycles. The molecule has 0 amide bonds. The number of aromatic hydroxyl groups is 2. The van der Waals surface area contributed by atoms with E-state index in [9.17, 15) is 15.3 Å². The van der Waals surface area contributed by atoms with Crippen molar-refractivity contribution >= 4 is 0 Å². The van der Waals surface area contributed by atoms with E-state index in [0.29, 0.717) is 6.42 Å². The summed E-state index contributed by atoms with van der Waals surface area (Å²) in [5.41, 5.74) is 0.819. The van der Waals surface area contributed by atoms with Crippen LogP contribution in [0.4, 0.5) is 0 Å². The van der Waals surface area contributed by atoms with Crippen molar-refractivity contribution in [1.29, 1.82) is 0 Å². The largest absolute Gasteiger partial charge is 0.508 e. The highest BCUT2D eigenvalue weighted by molar-refractivity contribution is 5.37. The first-order valence-corrected chi connectivity index (χ1v) is 5.85. The molecule has 0 aromatic heterocycles. The Bertz CT molecular complexity index is 345. The first-order valence-electron chi connectivity index (χ1n) is 5.85. The number of rotatable bonds is 5. The van der Waals surface area contributed by atoms with E-state index in [4.69, 9.17) is 0 Å². The molecule has 0 spiro atoms. The zero-order valence-electron chi connectivity index (χ0n) is 10.5. The van der Waals surface area contributed by atoms with Crippen LogP contribution in [0.3, 0.4) is 0 Å². The zero-order valence-corrected chi connectivity index (χ0v) is 10.5. The average molecular weight is 239 g/mol. The molecule has 0 bridgehead atoms. The topological polar surface area (TPSA) is 72.7 Å². The maximum atomic E-state index is 9.39. The lowest BCUT2D eigenvalue weighted by Gasteiger charge is -2.21. The number of aliphatic hydroxyl groups excluding tert-OH is 1. The van der Waals surface area contributed by atoms with Crippen molar-refractivity contribution in [2.24, 2.45) is 0 Å². The number of nitrogens with one attached hydrogen (secondary N) is 1. The molecule has 0 aliphatic carbocycles. The summed E-state index contributed by atoms with van der Waals surface area (Å²) in [4.78, 5) is 0. The molecule has 3 atom stereocenters. The van der Waals surface area contributed by atoms with Gasteiger partial charge in [0.2, 0.25) is 0 Å². The number of hydrogen-bond donors (Lipinski definition) is 4. The molecule has 3 unspecified atom stereocenters. The number of aliphatic hydroxyl groups is 1. The van der Waals surface area contributed by atoms with Crippen molar-refractivity contribution in [2.75, 3.05) is 0 Å². The minimum Gasteiger partial charge on any atom is -0.508 e. The van der Waals surface area contributed by atoms with Crippen LogP contribution >= 0.6 is 0 Å².